The number of azo groups is 1. The normalized spacial score (nSPS) is 11.5. The number of aromatic nitrogens is 1. The molecule has 0 saturated carbocycles. The Morgan fingerprint density at radius 1 is 1.00 bits per heavy atom. The van der Waals surface area contributed by atoms with E-state index in [1.165, 1.54) is 11.1 Å². The molecule has 100 valence electrons. The average Bonchev–Trinajstić information content (AvgIpc) is 2.80. The number of thiazole rings is 1. The third-order valence-corrected chi connectivity index (χ3v) is 4.04. The van der Waals surface area contributed by atoms with Crippen LogP contribution in [0, 0.1) is 13.8 Å². The van der Waals surface area contributed by atoms with Crippen LogP contribution in [-0.2, 0) is 0 Å². The first kappa shape index (κ1) is 12.7. The zero-order chi connectivity index (χ0) is 14.1. The predicted molar refractivity (Wildman–Crippen MR) is 84.1 cm³/mol. The van der Waals surface area contributed by atoms with Gasteiger partial charge >= 0.3 is 0 Å². The van der Waals surface area contributed by atoms with E-state index in [2.05, 4.69) is 41.2 Å². The molecule has 0 fully saturated rings. The minimum absolute atomic E-state index is 0.668. The fraction of sp³-hybridized carbons (Fsp3) is 0.133. The number of anilines is 1. The topological polar surface area (TPSA) is 63.6 Å². The second-order valence-electron chi connectivity index (χ2n) is 4.69. The first-order chi connectivity index (χ1) is 9.61. The molecule has 0 saturated heterocycles. The highest BCUT2D eigenvalue weighted by Gasteiger charge is 2.05. The quantitative estimate of drug-likeness (QED) is 0.536. The van der Waals surface area contributed by atoms with Gasteiger partial charge in [0.1, 0.15) is 0 Å². The number of fused-ring (bicyclic) bond motifs is 1. The molecular weight excluding hydrogens is 268 g/mol. The molecule has 4 nitrogen and oxygen atoms in total. The highest BCUT2D eigenvalue weighted by Crippen LogP contribution is 2.31. The van der Waals surface area contributed by atoms with Gasteiger partial charge in [-0.05, 0) is 61.4 Å². The Bertz CT molecular complexity index is 748. The number of hydrogen-bond donors (Lipinski definition) is 1. The van der Waals surface area contributed by atoms with Crippen LogP contribution >= 0.6 is 11.3 Å². The molecule has 0 atom stereocenters. The third kappa shape index (κ3) is 2.53. The van der Waals surface area contributed by atoms with Gasteiger partial charge in [-0.3, -0.25) is 0 Å². The molecule has 0 aliphatic rings. The van der Waals surface area contributed by atoms with E-state index in [9.17, 15) is 0 Å². The summed E-state index contributed by atoms with van der Waals surface area (Å²) in [4.78, 5) is 4.48. The molecule has 20 heavy (non-hydrogen) atoms. The highest BCUT2D eigenvalue weighted by atomic mass is 32.1. The van der Waals surface area contributed by atoms with Crippen LogP contribution < -0.4 is 5.73 Å². The molecular formula is C15H14N4S. The van der Waals surface area contributed by atoms with Crippen LogP contribution in [0.2, 0.25) is 0 Å². The first-order valence-corrected chi connectivity index (χ1v) is 7.08. The lowest BCUT2D eigenvalue weighted by molar-refractivity contribution is 1.21. The maximum absolute atomic E-state index is 5.63. The minimum atomic E-state index is 0.668. The van der Waals surface area contributed by atoms with Gasteiger partial charge < -0.3 is 5.73 Å². The highest BCUT2D eigenvalue weighted by molar-refractivity contribution is 7.21. The van der Waals surface area contributed by atoms with Gasteiger partial charge in [0.05, 0.1) is 15.9 Å². The van der Waals surface area contributed by atoms with Crippen LogP contribution in [0.5, 0.6) is 0 Å². The number of nitrogens with two attached hydrogens (primary N) is 1. The van der Waals surface area contributed by atoms with Gasteiger partial charge in [-0.15, -0.1) is 10.2 Å². The van der Waals surface area contributed by atoms with E-state index in [1.807, 2.05) is 12.1 Å². The molecule has 0 aliphatic carbocycles. The van der Waals surface area contributed by atoms with Gasteiger partial charge in [0.2, 0.25) is 5.13 Å². The summed E-state index contributed by atoms with van der Waals surface area (Å²) in [7, 11) is 0. The summed E-state index contributed by atoms with van der Waals surface area (Å²) >= 11 is 1.55. The van der Waals surface area contributed by atoms with E-state index in [0.29, 0.717) is 5.13 Å². The van der Waals surface area contributed by atoms with E-state index in [1.54, 1.807) is 23.5 Å². The smallest absolute Gasteiger partial charge is 0.231 e. The molecule has 0 spiro atoms. The van der Waals surface area contributed by atoms with E-state index >= 15 is 0 Å². The van der Waals surface area contributed by atoms with Crippen molar-refractivity contribution in [1.82, 2.24) is 4.98 Å². The fourth-order valence-corrected chi connectivity index (χ4v) is 2.72. The monoisotopic (exact) mass is 282 g/mol. The van der Waals surface area contributed by atoms with Crippen molar-refractivity contribution in [2.75, 3.05) is 5.73 Å². The van der Waals surface area contributed by atoms with Crippen LogP contribution in [0.4, 0.5) is 16.5 Å². The van der Waals surface area contributed by atoms with E-state index in [4.69, 9.17) is 5.73 Å². The molecule has 2 N–H and O–H groups in total. The SMILES string of the molecule is Cc1cc2nc(/N=N/c3ccc(N)cc3)sc2cc1C. The molecule has 2 aromatic carbocycles. The Morgan fingerprint density at radius 3 is 2.45 bits per heavy atom. The first-order valence-electron chi connectivity index (χ1n) is 6.27. The molecule has 5 heteroatoms. The fourth-order valence-electron chi connectivity index (χ4n) is 1.85. The van der Waals surface area contributed by atoms with Gasteiger partial charge in [0.15, 0.2) is 0 Å². The Morgan fingerprint density at radius 2 is 1.70 bits per heavy atom. The zero-order valence-corrected chi connectivity index (χ0v) is 12.1. The van der Waals surface area contributed by atoms with Crippen LogP contribution in [-0.4, -0.2) is 4.98 Å². The van der Waals surface area contributed by atoms with Crippen LogP contribution in [0.15, 0.2) is 46.6 Å². The van der Waals surface area contributed by atoms with Gasteiger partial charge in [-0.1, -0.05) is 11.3 Å². The summed E-state index contributed by atoms with van der Waals surface area (Å²) in [5.41, 5.74) is 10.6. The molecule has 0 amide bonds. The van der Waals surface area contributed by atoms with E-state index in [0.717, 1.165) is 21.6 Å². The summed E-state index contributed by atoms with van der Waals surface area (Å²) in [6.45, 7) is 4.19. The summed E-state index contributed by atoms with van der Waals surface area (Å²) in [5, 5.41) is 9.04. The molecule has 3 aromatic rings. The second kappa shape index (κ2) is 5.02. The summed E-state index contributed by atoms with van der Waals surface area (Å²) in [5.74, 6) is 0. The maximum Gasteiger partial charge on any atom is 0.231 e. The molecule has 0 radical (unpaired) electrons. The van der Waals surface area contributed by atoms with Crippen molar-refractivity contribution >= 4 is 38.1 Å². The van der Waals surface area contributed by atoms with Crippen molar-refractivity contribution in [1.29, 1.82) is 0 Å². The van der Waals surface area contributed by atoms with Gasteiger partial charge in [0, 0.05) is 5.69 Å². The molecule has 0 bridgehead atoms. The van der Waals surface area contributed by atoms with Crippen molar-refractivity contribution < 1.29 is 0 Å². The van der Waals surface area contributed by atoms with Crippen LogP contribution in [0.3, 0.4) is 0 Å². The Hall–Kier alpha value is -2.27. The Balaban J connectivity index is 1.92. The average molecular weight is 282 g/mol. The van der Waals surface area contributed by atoms with Crippen molar-refractivity contribution in [2.45, 2.75) is 13.8 Å². The molecule has 1 aromatic heterocycles. The molecule has 1 heterocycles. The standard InChI is InChI=1S/C15H14N4S/c1-9-7-13-14(8-10(9)2)20-15(17-13)19-18-12-5-3-11(16)4-6-12/h3-8H,16H2,1-2H3/b19-18+. The van der Waals surface area contributed by atoms with E-state index < -0.39 is 0 Å². The molecule has 0 aliphatic heterocycles. The summed E-state index contributed by atoms with van der Waals surface area (Å²) in [6.07, 6.45) is 0. The minimum Gasteiger partial charge on any atom is -0.399 e. The van der Waals surface area contributed by atoms with Crippen molar-refractivity contribution in [3.05, 3.63) is 47.5 Å². The number of benzene rings is 2. The van der Waals surface area contributed by atoms with Gasteiger partial charge in [-0.2, -0.15) is 0 Å². The third-order valence-electron chi connectivity index (χ3n) is 3.14. The number of nitrogen functional groups attached to an aromatic ring is 1. The largest absolute Gasteiger partial charge is 0.399 e. The number of hydrogen-bond acceptors (Lipinski definition) is 5. The predicted octanol–water partition coefficient (Wildman–Crippen LogP) is 4.91. The lowest BCUT2D eigenvalue weighted by Gasteiger charge is -1.96. The summed E-state index contributed by atoms with van der Waals surface area (Å²) < 4.78 is 1.14. The Kier molecular flexibility index (Phi) is 3.20. The number of nitrogens with zero attached hydrogens (tertiary/aromatic N) is 3. The van der Waals surface area contributed by atoms with Crippen LogP contribution in [0.1, 0.15) is 11.1 Å². The second-order valence-corrected chi connectivity index (χ2v) is 5.70. The molecule has 0 unspecified atom stereocenters. The zero-order valence-electron chi connectivity index (χ0n) is 11.3. The van der Waals surface area contributed by atoms with Crippen molar-refractivity contribution in [3.63, 3.8) is 0 Å². The van der Waals surface area contributed by atoms with Gasteiger partial charge in [-0.25, -0.2) is 4.98 Å². The maximum atomic E-state index is 5.63. The van der Waals surface area contributed by atoms with Crippen molar-refractivity contribution in [2.24, 2.45) is 10.2 Å². The van der Waals surface area contributed by atoms with Gasteiger partial charge in [0.25, 0.3) is 0 Å². The lowest BCUT2D eigenvalue weighted by Crippen LogP contribution is -1.80. The number of rotatable bonds is 2. The Labute approximate surface area is 121 Å². The van der Waals surface area contributed by atoms with E-state index in [-0.39, 0.29) is 0 Å². The van der Waals surface area contributed by atoms with Crippen molar-refractivity contribution in [3.8, 4) is 0 Å². The lowest BCUT2D eigenvalue weighted by atomic mass is 10.1. The number of aryl methyl sites for hydroxylation is 2. The summed E-state index contributed by atoms with van der Waals surface area (Å²) in [6, 6.07) is 11.5. The van der Waals surface area contributed by atoms with Crippen LogP contribution in [0.25, 0.3) is 10.2 Å². The molecule has 3 rings (SSSR count).